The molecule has 1 rings (SSSR count). The highest BCUT2D eigenvalue weighted by atomic mass is 19.1. The molecule has 0 unspecified atom stereocenters. The molecule has 20 heavy (non-hydrogen) atoms. The van der Waals surface area contributed by atoms with Gasteiger partial charge in [-0.15, -0.1) is 0 Å². The molecule has 0 aromatic heterocycles. The van der Waals surface area contributed by atoms with Crippen molar-refractivity contribution in [1.29, 1.82) is 5.26 Å². The Kier molecular flexibility index (Phi) is 6.64. The molecule has 0 aliphatic rings. The van der Waals surface area contributed by atoms with Crippen molar-refractivity contribution in [3.63, 3.8) is 0 Å². The third-order valence-electron chi connectivity index (χ3n) is 2.65. The Bertz CT molecular complexity index is 500. The molecule has 1 aromatic rings. The summed E-state index contributed by atoms with van der Waals surface area (Å²) in [6.45, 7) is 1.63. The molecule has 0 saturated heterocycles. The average Bonchev–Trinajstić information content (AvgIpc) is 2.41. The fraction of sp³-hybridized carbons (Fsp3) is 0.429. The Morgan fingerprint density at radius 2 is 2.30 bits per heavy atom. The van der Waals surface area contributed by atoms with Gasteiger partial charge in [-0.2, -0.15) is 5.26 Å². The average molecular weight is 279 g/mol. The Hall–Kier alpha value is -1.97. The van der Waals surface area contributed by atoms with Gasteiger partial charge in [0.2, 0.25) is 5.91 Å². The summed E-state index contributed by atoms with van der Waals surface area (Å²) in [7, 11) is 3.35. The molecule has 0 spiro atoms. The van der Waals surface area contributed by atoms with Gasteiger partial charge in [0.1, 0.15) is 11.9 Å². The SMILES string of the molecule is COCCNC(=O)CN(C)Cc1ccc(F)c(C#N)c1. The molecular weight excluding hydrogens is 261 g/mol. The van der Waals surface area contributed by atoms with E-state index >= 15 is 0 Å². The lowest BCUT2D eigenvalue weighted by Crippen LogP contribution is -2.36. The molecule has 1 N–H and O–H groups in total. The summed E-state index contributed by atoms with van der Waals surface area (Å²) in [4.78, 5) is 13.4. The van der Waals surface area contributed by atoms with Crippen LogP contribution in [0, 0.1) is 17.1 Å². The van der Waals surface area contributed by atoms with Gasteiger partial charge in [0.05, 0.1) is 18.7 Å². The lowest BCUT2D eigenvalue weighted by molar-refractivity contribution is -0.122. The van der Waals surface area contributed by atoms with Crippen LogP contribution in [0.4, 0.5) is 4.39 Å². The van der Waals surface area contributed by atoms with Gasteiger partial charge < -0.3 is 10.1 Å². The summed E-state index contributed by atoms with van der Waals surface area (Å²) in [5, 5.41) is 11.5. The number of hydrogen-bond donors (Lipinski definition) is 1. The zero-order valence-corrected chi connectivity index (χ0v) is 11.6. The van der Waals surface area contributed by atoms with Gasteiger partial charge in [0.25, 0.3) is 0 Å². The number of amides is 1. The Labute approximate surface area is 117 Å². The Morgan fingerprint density at radius 3 is 2.95 bits per heavy atom. The van der Waals surface area contributed by atoms with Crippen molar-refractivity contribution in [3.05, 3.63) is 35.1 Å². The van der Waals surface area contributed by atoms with Crippen LogP contribution < -0.4 is 5.32 Å². The maximum atomic E-state index is 13.2. The minimum Gasteiger partial charge on any atom is -0.383 e. The van der Waals surface area contributed by atoms with Crippen LogP contribution in [0.1, 0.15) is 11.1 Å². The second kappa shape index (κ2) is 8.25. The summed E-state index contributed by atoms with van der Waals surface area (Å²) in [6.07, 6.45) is 0. The van der Waals surface area contributed by atoms with E-state index < -0.39 is 5.82 Å². The number of benzene rings is 1. The van der Waals surface area contributed by atoms with E-state index in [1.807, 2.05) is 0 Å². The molecule has 108 valence electrons. The van der Waals surface area contributed by atoms with E-state index in [-0.39, 0.29) is 18.0 Å². The molecule has 1 amide bonds. The topological polar surface area (TPSA) is 65.4 Å². The second-order valence-electron chi connectivity index (χ2n) is 4.44. The largest absolute Gasteiger partial charge is 0.383 e. The third kappa shape index (κ3) is 5.34. The smallest absolute Gasteiger partial charge is 0.234 e. The van der Waals surface area contributed by atoms with Crippen molar-refractivity contribution in [2.75, 3.05) is 33.9 Å². The summed E-state index contributed by atoms with van der Waals surface area (Å²) in [5.74, 6) is -0.636. The van der Waals surface area contributed by atoms with Crippen molar-refractivity contribution in [2.24, 2.45) is 0 Å². The first kappa shape index (κ1) is 16.1. The van der Waals surface area contributed by atoms with Crippen LogP contribution in [-0.2, 0) is 16.1 Å². The molecule has 6 heteroatoms. The van der Waals surface area contributed by atoms with E-state index in [1.165, 1.54) is 12.1 Å². The highest BCUT2D eigenvalue weighted by molar-refractivity contribution is 5.77. The van der Waals surface area contributed by atoms with Crippen molar-refractivity contribution in [2.45, 2.75) is 6.54 Å². The molecule has 0 aliphatic carbocycles. The van der Waals surface area contributed by atoms with Gasteiger partial charge in [0.15, 0.2) is 0 Å². The van der Waals surface area contributed by atoms with E-state index in [0.717, 1.165) is 5.56 Å². The van der Waals surface area contributed by atoms with Gasteiger partial charge in [-0.05, 0) is 24.7 Å². The molecular formula is C14H18FN3O2. The summed E-state index contributed by atoms with van der Waals surface area (Å²) < 4.78 is 18.0. The number of likely N-dealkylation sites (N-methyl/N-ethyl adjacent to an activating group) is 1. The monoisotopic (exact) mass is 279 g/mol. The predicted octanol–water partition coefficient (Wildman–Crippen LogP) is 0.892. The lowest BCUT2D eigenvalue weighted by atomic mass is 10.1. The molecule has 1 aromatic carbocycles. The number of carbonyl (C=O) groups excluding carboxylic acids is 1. The number of hydrogen-bond acceptors (Lipinski definition) is 4. The van der Waals surface area contributed by atoms with E-state index in [0.29, 0.717) is 19.7 Å². The number of nitriles is 1. The Balaban J connectivity index is 2.48. The molecule has 0 fully saturated rings. The molecule has 0 saturated carbocycles. The number of ether oxygens (including phenoxy) is 1. The van der Waals surface area contributed by atoms with Gasteiger partial charge in [0, 0.05) is 20.2 Å². The first-order chi connectivity index (χ1) is 9.56. The van der Waals surface area contributed by atoms with Crippen LogP contribution in [0.5, 0.6) is 0 Å². The molecule has 0 aliphatic heterocycles. The maximum absolute atomic E-state index is 13.2. The van der Waals surface area contributed by atoms with Crippen LogP contribution in [-0.4, -0.2) is 44.7 Å². The molecule has 5 nitrogen and oxygen atoms in total. The fourth-order valence-electron chi connectivity index (χ4n) is 1.72. The van der Waals surface area contributed by atoms with Crippen LogP contribution in [0.3, 0.4) is 0 Å². The molecule has 0 heterocycles. The summed E-state index contributed by atoms with van der Waals surface area (Å²) in [5.41, 5.74) is 0.801. The third-order valence-corrected chi connectivity index (χ3v) is 2.65. The first-order valence-electron chi connectivity index (χ1n) is 6.19. The van der Waals surface area contributed by atoms with E-state index in [2.05, 4.69) is 5.32 Å². The standard InChI is InChI=1S/C14H18FN3O2/c1-18(10-14(19)17-5-6-20-2)9-11-3-4-13(15)12(7-11)8-16/h3-4,7H,5-6,9-10H2,1-2H3,(H,17,19). The van der Waals surface area contributed by atoms with Gasteiger partial charge >= 0.3 is 0 Å². The van der Waals surface area contributed by atoms with Crippen LogP contribution in [0.15, 0.2) is 18.2 Å². The predicted molar refractivity (Wildman–Crippen MR) is 72.3 cm³/mol. The number of carbonyl (C=O) groups is 1. The first-order valence-corrected chi connectivity index (χ1v) is 6.19. The molecule has 0 bridgehead atoms. The van der Waals surface area contributed by atoms with Crippen molar-refractivity contribution >= 4 is 5.91 Å². The van der Waals surface area contributed by atoms with E-state index in [9.17, 15) is 9.18 Å². The number of methoxy groups -OCH3 is 1. The number of nitrogens with one attached hydrogen (secondary N) is 1. The van der Waals surface area contributed by atoms with E-state index in [1.54, 1.807) is 31.2 Å². The quantitative estimate of drug-likeness (QED) is 0.753. The van der Waals surface area contributed by atoms with Crippen molar-refractivity contribution in [1.82, 2.24) is 10.2 Å². The van der Waals surface area contributed by atoms with Crippen LogP contribution in [0.25, 0.3) is 0 Å². The zero-order valence-electron chi connectivity index (χ0n) is 11.6. The number of nitrogens with zero attached hydrogens (tertiary/aromatic N) is 2. The van der Waals surface area contributed by atoms with Gasteiger partial charge in [-0.3, -0.25) is 9.69 Å². The van der Waals surface area contributed by atoms with Crippen LogP contribution in [0.2, 0.25) is 0 Å². The normalized spacial score (nSPS) is 10.3. The van der Waals surface area contributed by atoms with Crippen molar-refractivity contribution in [3.8, 4) is 6.07 Å². The van der Waals surface area contributed by atoms with Gasteiger partial charge in [-0.1, -0.05) is 6.07 Å². The zero-order chi connectivity index (χ0) is 15.0. The van der Waals surface area contributed by atoms with Crippen molar-refractivity contribution < 1.29 is 13.9 Å². The minimum absolute atomic E-state index is 0.0143. The highest BCUT2D eigenvalue weighted by Gasteiger charge is 2.08. The Morgan fingerprint density at radius 1 is 1.55 bits per heavy atom. The molecule has 0 radical (unpaired) electrons. The fourth-order valence-corrected chi connectivity index (χ4v) is 1.72. The second-order valence-corrected chi connectivity index (χ2v) is 4.44. The van der Waals surface area contributed by atoms with Crippen LogP contribution >= 0.6 is 0 Å². The maximum Gasteiger partial charge on any atom is 0.234 e. The highest BCUT2D eigenvalue weighted by Crippen LogP contribution is 2.11. The lowest BCUT2D eigenvalue weighted by Gasteiger charge is -2.16. The van der Waals surface area contributed by atoms with E-state index in [4.69, 9.17) is 10.00 Å². The minimum atomic E-state index is -0.531. The molecule has 0 atom stereocenters. The summed E-state index contributed by atoms with van der Waals surface area (Å²) in [6, 6.07) is 6.16. The summed E-state index contributed by atoms with van der Waals surface area (Å²) >= 11 is 0. The number of halogens is 1. The number of rotatable bonds is 7. The van der Waals surface area contributed by atoms with Gasteiger partial charge in [-0.25, -0.2) is 4.39 Å².